The Labute approximate surface area is 269 Å². The lowest BCUT2D eigenvalue weighted by Crippen LogP contribution is -2.05. The third kappa shape index (κ3) is 3.76. The minimum atomic E-state index is 0.642. The first-order valence-electron chi connectivity index (χ1n) is 15.7. The molecule has 10 rings (SSSR count). The Bertz CT molecular complexity index is 2770. The molecule has 6 heteroatoms. The number of para-hydroxylation sites is 4. The largest absolute Gasteiger partial charge is 0.309 e. The summed E-state index contributed by atoms with van der Waals surface area (Å²) in [5.41, 5.74) is 9.06. The maximum Gasteiger partial charge on any atom is 0.222 e. The fourth-order valence-corrected chi connectivity index (χ4v) is 7.14. The molecule has 0 aliphatic carbocycles. The number of rotatable bonds is 4. The van der Waals surface area contributed by atoms with Gasteiger partial charge in [0.05, 0.1) is 28.3 Å². The topological polar surface area (TPSA) is 53.5 Å². The van der Waals surface area contributed by atoms with Crippen LogP contribution in [0.5, 0.6) is 0 Å². The molecule has 6 nitrogen and oxygen atoms in total. The maximum atomic E-state index is 5.29. The number of aromatic nitrogens is 6. The molecule has 0 saturated carbocycles. The van der Waals surface area contributed by atoms with Gasteiger partial charge in [0.1, 0.15) is 5.52 Å². The molecule has 4 heterocycles. The van der Waals surface area contributed by atoms with Gasteiger partial charge in [-0.2, -0.15) is 4.98 Å². The van der Waals surface area contributed by atoms with E-state index in [9.17, 15) is 0 Å². The van der Waals surface area contributed by atoms with Crippen molar-refractivity contribution in [3.63, 3.8) is 0 Å². The van der Waals surface area contributed by atoms with Crippen molar-refractivity contribution >= 4 is 54.8 Å². The number of imidazole rings is 1. The quantitative estimate of drug-likeness (QED) is 0.202. The first-order chi connectivity index (χ1) is 23.3. The summed E-state index contributed by atoms with van der Waals surface area (Å²) in [6.45, 7) is 0. The smallest absolute Gasteiger partial charge is 0.222 e. The molecule has 0 radical (unpaired) electrons. The molecule has 0 saturated heterocycles. The van der Waals surface area contributed by atoms with Gasteiger partial charge in [0.25, 0.3) is 0 Å². The Kier molecular flexibility index (Phi) is 5.48. The maximum absolute atomic E-state index is 5.29. The van der Waals surface area contributed by atoms with Crippen molar-refractivity contribution in [1.29, 1.82) is 0 Å². The van der Waals surface area contributed by atoms with Crippen LogP contribution in [0.3, 0.4) is 0 Å². The van der Waals surface area contributed by atoms with Gasteiger partial charge in [-0.3, -0.25) is 9.13 Å². The van der Waals surface area contributed by atoms with Crippen LogP contribution in [0.15, 0.2) is 158 Å². The van der Waals surface area contributed by atoms with Crippen LogP contribution in [0.25, 0.3) is 83.5 Å². The van der Waals surface area contributed by atoms with E-state index in [0.29, 0.717) is 11.5 Å². The molecule has 0 amide bonds. The van der Waals surface area contributed by atoms with Gasteiger partial charge in [-0.25, -0.2) is 9.97 Å². The van der Waals surface area contributed by atoms with E-state index in [1.54, 1.807) is 0 Å². The molecule has 220 valence electrons. The standard InChI is InChI=1S/C41H26N6/c1-4-14-27(15-5-1)39-42-26-36-40(43-39)44-41(46(36)29-18-8-3-9-19-29)47-34-23-13-11-21-32(34)37-35(47)25-24-31-30-20-10-12-22-33(30)45(38(31)37)28-16-6-2-7-17-28/h1-26H. The SMILES string of the molecule is c1ccc(-c2ncc3c(n2)nc(-n2c4ccccc4c4c2ccc2c5ccccc5n(-c5ccccc5)c24)n3-c2ccccc2)cc1. The predicted octanol–water partition coefficient (Wildman–Crippen LogP) is 9.68. The summed E-state index contributed by atoms with van der Waals surface area (Å²) in [7, 11) is 0. The van der Waals surface area contributed by atoms with Crippen molar-refractivity contribution in [2.24, 2.45) is 0 Å². The highest BCUT2D eigenvalue weighted by atomic mass is 15.3. The number of nitrogens with zero attached hydrogens (tertiary/aromatic N) is 6. The van der Waals surface area contributed by atoms with Crippen molar-refractivity contribution in [2.45, 2.75) is 0 Å². The number of benzene rings is 6. The van der Waals surface area contributed by atoms with Gasteiger partial charge >= 0.3 is 0 Å². The van der Waals surface area contributed by atoms with Crippen LogP contribution in [0.1, 0.15) is 0 Å². The van der Waals surface area contributed by atoms with E-state index in [4.69, 9.17) is 15.0 Å². The summed E-state index contributed by atoms with van der Waals surface area (Å²) in [5.74, 6) is 1.41. The molecule has 0 spiro atoms. The lowest BCUT2D eigenvalue weighted by Gasteiger charge is -2.12. The van der Waals surface area contributed by atoms with Gasteiger partial charge in [0, 0.05) is 38.5 Å². The third-order valence-electron chi connectivity index (χ3n) is 9.13. The average molecular weight is 603 g/mol. The van der Waals surface area contributed by atoms with Crippen LogP contribution in [-0.4, -0.2) is 28.7 Å². The lowest BCUT2D eigenvalue weighted by molar-refractivity contribution is 0.954. The second kappa shape index (κ2) is 9.99. The molecular weight excluding hydrogens is 576 g/mol. The van der Waals surface area contributed by atoms with Crippen LogP contribution in [0.4, 0.5) is 0 Å². The van der Waals surface area contributed by atoms with E-state index in [-0.39, 0.29) is 0 Å². The zero-order chi connectivity index (χ0) is 30.9. The molecule has 0 bridgehead atoms. The van der Waals surface area contributed by atoms with Gasteiger partial charge < -0.3 is 4.57 Å². The third-order valence-corrected chi connectivity index (χ3v) is 9.13. The molecule has 10 aromatic rings. The predicted molar refractivity (Wildman–Crippen MR) is 191 cm³/mol. The lowest BCUT2D eigenvalue weighted by atomic mass is 10.1. The summed E-state index contributed by atoms with van der Waals surface area (Å²) < 4.78 is 6.86. The van der Waals surface area contributed by atoms with E-state index < -0.39 is 0 Å². The number of fused-ring (bicyclic) bond motifs is 8. The molecule has 6 aromatic carbocycles. The first kappa shape index (κ1) is 25.8. The molecule has 0 fully saturated rings. The zero-order valence-corrected chi connectivity index (χ0v) is 25.2. The fourth-order valence-electron chi connectivity index (χ4n) is 7.14. The van der Waals surface area contributed by atoms with Crippen LogP contribution >= 0.6 is 0 Å². The summed E-state index contributed by atoms with van der Waals surface area (Å²) in [4.78, 5) is 15.1. The van der Waals surface area contributed by atoms with Gasteiger partial charge in [0.15, 0.2) is 11.5 Å². The minimum absolute atomic E-state index is 0.642. The van der Waals surface area contributed by atoms with Crippen molar-refractivity contribution in [1.82, 2.24) is 28.7 Å². The van der Waals surface area contributed by atoms with Crippen LogP contribution in [0, 0.1) is 0 Å². The van der Waals surface area contributed by atoms with Crippen molar-refractivity contribution < 1.29 is 0 Å². The highest BCUT2D eigenvalue weighted by Crippen LogP contribution is 2.42. The molecule has 0 atom stereocenters. The van der Waals surface area contributed by atoms with E-state index in [0.717, 1.165) is 44.8 Å². The second-order valence-electron chi connectivity index (χ2n) is 11.7. The highest BCUT2D eigenvalue weighted by molar-refractivity contribution is 6.26. The Morgan fingerprint density at radius 2 is 1.00 bits per heavy atom. The van der Waals surface area contributed by atoms with Gasteiger partial charge in [0.2, 0.25) is 5.95 Å². The second-order valence-corrected chi connectivity index (χ2v) is 11.7. The van der Waals surface area contributed by atoms with E-state index >= 15 is 0 Å². The zero-order valence-electron chi connectivity index (χ0n) is 25.2. The fraction of sp³-hybridized carbons (Fsp3) is 0. The molecule has 0 N–H and O–H groups in total. The summed E-state index contributed by atoms with van der Waals surface area (Å²) in [6, 6.07) is 52.9. The van der Waals surface area contributed by atoms with Crippen LogP contribution in [0.2, 0.25) is 0 Å². The number of hydrogen-bond acceptors (Lipinski definition) is 3. The molecule has 47 heavy (non-hydrogen) atoms. The average Bonchev–Trinajstić information content (AvgIpc) is 3.80. The van der Waals surface area contributed by atoms with Crippen molar-refractivity contribution in [2.75, 3.05) is 0 Å². The highest BCUT2D eigenvalue weighted by Gasteiger charge is 2.24. The Morgan fingerprint density at radius 1 is 0.404 bits per heavy atom. The van der Waals surface area contributed by atoms with E-state index in [1.807, 2.05) is 42.6 Å². The van der Waals surface area contributed by atoms with Gasteiger partial charge in [-0.1, -0.05) is 109 Å². The molecule has 4 aromatic heterocycles. The summed E-state index contributed by atoms with van der Waals surface area (Å²) >= 11 is 0. The molecule has 0 aliphatic rings. The Balaban J connectivity index is 1.36. The summed E-state index contributed by atoms with van der Waals surface area (Å²) in [5, 5.41) is 4.79. The minimum Gasteiger partial charge on any atom is -0.309 e. The van der Waals surface area contributed by atoms with Gasteiger partial charge in [-0.15, -0.1) is 0 Å². The Morgan fingerprint density at radius 3 is 1.72 bits per heavy atom. The van der Waals surface area contributed by atoms with Crippen molar-refractivity contribution in [3.05, 3.63) is 158 Å². The molecular formula is C41H26N6. The molecule has 0 aliphatic heterocycles. The van der Waals surface area contributed by atoms with Crippen LogP contribution in [-0.2, 0) is 0 Å². The number of hydrogen-bond donors (Lipinski definition) is 0. The summed E-state index contributed by atoms with van der Waals surface area (Å²) in [6.07, 6.45) is 1.90. The van der Waals surface area contributed by atoms with E-state index in [1.165, 1.54) is 27.2 Å². The van der Waals surface area contributed by atoms with Crippen molar-refractivity contribution in [3.8, 4) is 28.7 Å². The van der Waals surface area contributed by atoms with E-state index in [2.05, 4.69) is 129 Å². The Hall–Kier alpha value is -6.53. The normalized spacial score (nSPS) is 11.8. The van der Waals surface area contributed by atoms with Gasteiger partial charge in [-0.05, 0) is 42.5 Å². The first-order valence-corrected chi connectivity index (χ1v) is 15.7. The van der Waals surface area contributed by atoms with Crippen LogP contribution < -0.4 is 0 Å². The monoisotopic (exact) mass is 602 g/mol. The molecule has 0 unspecified atom stereocenters.